The van der Waals surface area contributed by atoms with Crippen molar-refractivity contribution in [2.24, 2.45) is 0 Å². The third-order valence-electron chi connectivity index (χ3n) is 1.25. The van der Waals surface area contributed by atoms with Gasteiger partial charge < -0.3 is 9.84 Å². The number of carbonyl (C=O) groups excluding carboxylic acids is 1. The molecule has 0 saturated carbocycles. The molecule has 0 radical (unpaired) electrons. The quantitative estimate of drug-likeness (QED) is 0.522. The molecular formula is C8H14O3S. The highest BCUT2D eigenvalue weighted by Crippen LogP contribution is 2.14. The van der Waals surface area contributed by atoms with Gasteiger partial charge in [-0.15, -0.1) is 11.8 Å². The molecule has 0 bridgehead atoms. The number of ether oxygens (including phenoxy) is 1. The number of aliphatic hydroxyl groups is 1. The van der Waals surface area contributed by atoms with Gasteiger partial charge in [0.05, 0.1) is 7.11 Å². The minimum absolute atomic E-state index is 0.181. The summed E-state index contributed by atoms with van der Waals surface area (Å²) in [7, 11) is 1.34. The van der Waals surface area contributed by atoms with Crippen molar-refractivity contribution in [1.82, 2.24) is 0 Å². The molecule has 0 aliphatic carbocycles. The molecule has 0 rings (SSSR count). The summed E-state index contributed by atoms with van der Waals surface area (Å²) in [6.07, 6.45) is 2.11. The fourth-order valence-electron chi connectivity index (χ4n) is 0.547. The van der Waals surface area contributed by atoms with E-state index in [2.05, 4.69) is 4.74 Å². The molecule has 3 nitrogen and oxygen atoms in total. The fraction of sp³-hybridized carbons (Fsp3) is 0.625. The van der Waals surface area contributed by atoms with Crippen LogP contribution in [-0.2, 0) is 9.53 Å². The van der Waals surface area contributed by atoms with Crippen LogP contribution in [0.2, 0.25) is 0 Å². The number of esters is 1. The van der Waals surface area contributed by atoms with Crippen molar-refractivity contribution in [3.63, 3.8) is 0 Å². The van der Waals surface area contributed by atoms with E-state index in [1.807, 2.05) is 6.92 Å². The average molecular weight is 190 g/mol. The van der Waals surface area contributed by atoms with Crippen molar-refractivity contribution in [2.75, 3.05) is 13.7 Å². The van der Waals surface area contributed by atoms with E-state index in [0.29, 0.717) is 5.25 Å². The first-order valence-corrected chi connectivity index (χ1v) is 4.65. The first-order valence-electron chi connectivity index (χ1n) is 3.71. The van der Waals surface area contributed by atoms with Crippen molar-refractivity contribution in [3.05, 3.63) is 11.5 Å². The summed E-state index contributed by atoms with van der Waals surface area (Å²) in [6, 6.07) is 0. The number of hydrogen-bond donors (Lipinski definition) is 1. The fourth-order valence-corrected chi connectivity index (χ4v) is 1.25. The molecular weight excluding hydrogens is 176 g/mol. The lowest BCUT2D eigenvalue weighted by Crippen LogP contribution is -1.98. The van der Waals surface area contributed by atoms with Gasteiger partial charge in [0.2, 0.25) is 0 Å². The Morgan fingerprint density at radius 2 is 2.42 bits per heavy atom. The largest absolute Gasteiger partial charge is 0.466 e. The Morgan fingerprint density at radius 1 is 1.75 bits per heavy atom. The Hall–Kier alpha value is -0.480. The third kappa shape index (κ3) is 6.24. The van der Waals surface area contributed by atoms with Crippen LogP contribution in [0.5, 0.6) is 0 Å². The Bertz CT molecular complexity index is 156. The van der Waals surface area contributed by atoms with Gasteiger partial charge in [-0.05, 0) is 11.8 Å². The SMILES string of the molecule is COC(=O)C=CSC(C)CCO. The molecule has 0 aliphatic heterocycles. The summed E-state index contributed by atoms with van der Waals surface area (Å²) < 4.78 is 4.40. The second kappa shape index (κ2) is 7.18. The van der Waals surface area contributed by atoms with Gasteiger partial charge in [-0.2, -0.15) is 0 Å². The van der Waals surface area contributed by atoms with E-state index in [0.717, 1.165) is 6.42 Å². The number of carbonyl (C=O) groups is 1. The van der Waals surface area contributed by atoms with E-state index in [4.69, 9.17) is 5.11 Å². The van der Waals surface area contributed by atoms with E-state index in [9.17, 15) is 4.79 Å². The number of methoxy groups -OCH3 is 1. The summed E-state index contributed by atoms with van der Waals surface area (Å²) >= 11 is 1.50. The predicted octanol–water partition coefficient (Wildman–Crippen LogP) is 1.18. The molecule has 1 atom stereocenters. The van der Waals surface area contributed by atoms with Crippen LogP contribution in [0.3, 0.4) is 0 Å². The molecule has 12 heavy (non-hydrogen) atoms. The van der Waals surface area contributed by atoms with Gasteiger partial charge in [0.1, 0.15) is 0 Å². The molecule has 0 spiro atoms. The zero-order chi connectivity index (χ0) is 9.40. The number of thioether (sulfide) groups is 1. The van der Waals surface area contributed by atoms with Gasteiger partial charge in [-0.25, -0.2) is 4.79 Å². The Labute approximate surface area is 76.8 Å². The summed E-state index contributed by atoms with van der Waals surface area (Å²) in [5.74, 6) is -0.348. The topological polar surface area (TPSA) is 46.5 Å². The second-order valence-corrected chi connectivity index (χ2v) is 3.63. The van der Waals surface area contributed by atoms with Gasteiger partial charge in [-0.3, -0.25) is 0 Å². The van der Waals surface area contributed by atoms with Crippen LogP contribution in [0.25, 0.3) is 0 Å². The molecule has 0 aliphatic rings. The molecule has 0 saturated heterocycles. The molecule has 0 aromatic rings. The van der Waals surface area contributed by atoms with Crippen molar-refractivity contribution in [3.8, 4) is 0 Å². The van der Waals surface area contributed by atoms with Crippen molar-refractivity contribution < 1.29 is 14.6 Å². The molecule has 0 heterocycles. The zero-order valence-electron chi connectivity index (χ0n) is 7.32. The normalized spacial score (nSPS) is 13.2. The molecule has 0 aromatic heterocycles. The van der Waals surface area contributed by atoms with Crippen LogP contribution >= 0.6 is 11.8 Å². The van der Waals surface area contributed by atoms with Crippen LogP contribution in [0.4, 0.5) is 0 Å². The Balaban J connectivity index is 3.52. The van der Waals surface area contributed by atoms with Crippen molar-refractivity contribution in [2.45, 2.75) is 18.6 Å². The minimum atomic E-state index is -0.348. The molecule has 4 heteroatoms. The first kappa shape index (κ1) is 11.5. The van der Waals surface area contributed by atoms with Crippen LogP contribution < -0.4 is 0 Å². The summed E-state index contributed by atoms with van der Waals surface area (Å²) in [6.45, 7) is 2.17. The summed E-state index contributed by atoms with van der Waals surface area (Å²) in [5, 5.41) is 10.6. The molecule has 0 fully saturated rings. The highest BCUT2D eigenvalue weighted by Gasteiger charge is 1.98. The predicted molar refractivity (Wildman–Crippen MR) is 49.9 cm³/mol. The average Bonchev–Trinajstić information content (AvgIpc) is 2.04. The van der Waals surface area contributed by atoms with Crippen LogP contribution in [0.15, 0.2) is 11.5 Å². The lowest BCUT2D eigenvalue weighted by molar-refractivity contribution is -0.134. The van der Waals surface area contributed by atoms with Gasteiger partial charge in [0, 0.05) is 17.9 Å². The third-order valence-corrected chi connectivity index (χ3v) is 2.25. The van der Waals surface area contributed by atoms with Gasteiger partial charge >= 0.3 is 5.97 Å². The maximum absolute atomic E-state index is 10.6. The molecule has 0 amide bonds. The summed E-state index contributed by atoms with van der Waals surface area (Å²) in [5.41, 5.74) is 0. The highest BCUT2D eigenvalue weighted by molar-refractivity contribution is 8.02. The van der Waals surface area contributed by atoms with Crippen molar-refractivity contribution >= 4 is 17.7 Å². The smallest absolute Gasteiger partial charge is 0.330 e. The van der Waals surface area contributed by atoms with Gasteiger partial charge in [-0.1, -0.05) is 6.92 Å². The zero-order valence-corrected chi connectivity index (χ0v) is 8.13. The van der Waals surface area contributed by atoms with E-state index in [1.54, 1.807) is 5.41 Å². The highest BCUT2D eigenvalue weighted by atomic mass is 32.2. The molecule has 1 unspecified atom stereocenters. The standard InChI is InChI=1S/C8H14O3S/c1-7(3-5-9)12-6-4-8(10)11-2/h4,6-7,9H,3,5H2,1-2H3. The van der Waals surface area contributed by atoms with Crippen LogP contribution in [-0.4, -0.2) is 30.0 Å². The summed E-state index contributed by atoms with van der Waals surface area (Å²) in [4.78, 5) is 10.6. The second-order valence-electron chi connectivity index (χ2n) is 2.28. The lowest BCUT2D eigenvalue weighted by Gasteiger charge is -2.03. The van der Waals surface area contributed by atoms with E-state index < -0.39 is 0 Å². The molecule has 1 N–H and O–H groups in total. The first-order chi connectivity index (χ1) is 5.70. The maximum Gasteiger partial charge on any atom is 0.330 e. The number of hydrogen-bond acceptors (Lipinski definition) is 4. The number of aliphatic hydroxyl groups excluding tert-OH is 1. The molecule has 0 aromatic carbocycles. The van der Waals surface area contributed by atoms with E-state index >= 15 is 0 Å². The van der Waals surface area contributed by atoms with Crippen LogP contribution in [0, 0.1) is 0 Å². The minimum Gasteiger partial charge on any atom is -0.466 e. The maximum atomic E-state index is 10.6. The number of rotatable bonds is 5. The van der Waals surface area contributed by atoms with Gasteiger partial charge in [0.15, 0.2) is 0 Å². The Morgan fingerprint density at radius 3 is 2.92 bits per heavy atom. The monoisotopic (exact) mass is 190 g/mol. The van der Waals surface area contributed by atoms with Crippen LogP contribution in [0.1, 0.15) is 13.3 Å². The van der Waals surface area contributed by atoms with Crippen molar-refractivity contribution in [1.29, 1.82) is 0 Å². The van der Waals surface area contributed by atoms with Gasteiger partial charge in [0.25, 0.3) is 0 Å². The van der Waals surface area contributed by atoms with E-state index in [-0.39, 0.29) is 12.6 Å². The Kier molecular flexibility index (Phi) is 6.90. The lowest BCUT2D eigenvalue weighted by atomic mass is 10.3. The van der Waals surface area contributed by atoms with E-state index in [1.165, 1.54) is 24.9 Å². The molecule has 70 valence electrons.